The van der Waals surface area contributed by atoms with Gasteiger partial charge in [-0.05, 0) is 25.5 Å². The number of hydrogen-bond donors (Lipinski definition) is 0. The molecule has 1 aromatic carbocycles. The molecule has 0 fully saturated rings. The molecule has 0 aliphatic carbocycles. The van der Waals surface area contributed by atoms with Crippen LogP contribution in [0.3, 0.4) is 0 Å². The number of carbonyl (C=O) groups is 1. The number of nitrogens with zero attached hydrogens (tertiary/aromatic N) is 1. The van der Waals surface area contributed by atoms with Crippen LogP contribution in [-0.2, 0) is 4.79 Å². The van der Waals surface area contributed by atoms with Crippen molar-refractivity contribution in [2.45, 2.75) is 26.2 Å². The molecular formula is C15H19NO2. The van der Waals surface area contributed by atoms with E-state index in [9.17, 15) is 4.79 Å². The van der Waals surface area contributed by atoms with E-state index in [0.29, 0.717) is 0 Å². The van der Waals surface area contributed by atoms with Gasteiger partial charge in [-0.25, -0.2) is 0 Å². The van der Waals surface area contributed by atoms with Gasteiger partial charge in [-0.2, -0.15) is 0 Å². The third kappa shape index (κ3) is 2.40. The van der Waals surface area contributed by atoms with Gasteiger partial charge >= 0.3 is 0 Å². The summed E-state index contributed by atoms with van der Waals surface area (Å²) in [5.41, 5.74) is 0.838. The van der Waals surface area contributed by atoms with Crippen LogP contribution in [0.15, 0.2) is 34.7 Å². The highest BCUT2D eigenvalue weighted by Gasteiger charge is 2.22. The van der Waals surface area contributed by atoms with Crippen LogP contribution in [0, 0.1) is 0 Å². The van der Waals surface area contributed by atoms with E-state index in [2.05, 4.69) is 6.92 Å². The topological polar surface area (TPSA) is 33.5 Å². The molecule has 0 aliphatic heterocycles. The average molecular weight is 245 g/mol. The van der Waals surface area contributed by atoms with Crippen LogP contribution in [-0.4, -0.2) is 24.4 Å². The van der Waals surface area contributed by atoms with E-state index in [1.165, 1.54) is 0 Å². The molecule has 1 amide bonds. The number of rotatable bonds is 4. The molecule has 0 saturated heterocycles. The first kappa shape index (κ1) is 12.7. The highest BCUT2D eigenvalue weighted by molar-refractivity contribution is 5.85. The Hall–Kier alpha value is -1.77. The van der Waals surface area contributed by atoms with Crippen molar-refractivity contribution in [3.8, 4) is 0 Å². The molecule has 1 heterocycles. The average Bonchev–Trinajstić information content (AvgIpc) is 2.81. The smallest absolute Gasteiger partial charge is 0.232 e. The van der Waals surface area contributed by atoms with E-state index in [0.717, 1.165) is 29.7 Å². The van der Waals surface area contributed by atoms with Crippen molar-refractivity contribution in [1.82, 2.24) is 4.90 Å². The molecule has 0 bridgehead atoms. The summed E-state index contributed by atoms with van der Waals surface area (Å²) in [6.07, 6.45) is 0.967. The Morgan fingerprint density at radius 3 is 2.78 bits per heavy atom. The molecule has 0 radical (unpaired) electrons. The number of fused-ring (bicyclic) bond motifs is 1. The van der Waals surface area contributed by atoms with E-state index < -0.39 is 0 Å². The highest BCUT2D eigenvalue weighted by Crippen LogP contribution is 2.25. The number of furan rings is 1. The van der Waals surface area contributed by atoms with Gasteiger partial charge in [-0.3, -0.25) is 4.79 Å². The minimum absolute atomic E-state index is 0.107. The lowest BCUT2D eigenvalue weighted by atomic mass is 10.1. The van der Waals surface area contributed by atoms with Crippen LogP contribution in [0.5, 0.6) is 0 Å². The number of benzene rings is 1. The minimum Gasteiger partial charge on any atom is -0.460 e. The molecule has 3 heteroatoms. The fourth-order valence-electron chi connectivity index (χ4n) is 2.11. The van der Waals surface area contributed by atoms with Crippen LogP contribution in [0.4, 0.5) is 0 Å². The molecule has 2 rings (SSSR count). The van der Waals surface area contributed by atoms with Crippen molar-refractivity contribution < 1.29 is 9.21 Å². The second-order valence-corrected chi connectivity index (χ2v) is 4.67. The second-order valence-electron chi connectivity index (χ2n) is 4.67. The van der Waals surface area contributed by atoms with Gasteiger partial charge in [0.25, 0.3) is 0 Å². The van der Waals surface area contributed by atoms with Crippen molar-refractivity contribution in [3.63, 3.8) is 0 Å². The van der Waals surface area contributed by atoms with Gasteiger partial charge < -0.3 is 9.32 Å². The molecule has 2 aromatic rings. The molecule has 1 atom stereocenters. The fourth-order valence-corrected chi connectivity index (χ4v) is 2.11. The van der Waals surface area contributed by atoms with Gasteiger partial charge in [0.05, 0.1) is 5.92 Å². The molecule has 0 N–H and O–H groups in total. The Kier molecular flexibility index (Phi) is 3.70. The first-order valence-electron chi connectivity index (χ1n) is 6.37. The van der Waals surface area contributed by atoms with Crippen molar-refractivity contribution in [2.75, 3.05) is 13.6 Å². The molecule has 0 saturated carbocycles. The number of likely N-dealkylation sites (N-methyl/N-ethyl adjacent to an activating group) is 1. The number of carbonyl (C=O) groups excluding carboxylic acids is 1. The van der Waals surface area contributed by atoms with Crippen molar-refractivity contribution in [1.29, 1.82) is 0 Å². The van der Waals surface area contributed by atoms with Crippen LogP contribution < -0.4 is 0 Å². The SMILES string of the molecule is CCCN(C)C(=O)[C@H](C)c1cc2ccccc2o1. The van der Waals surface area contributed by atoms with Crippen molar-refractivity contribution >= 4 is 16.9 Å². The molecule has 3 nitrogen and oxygen atoms in total. The lowest BCUT2D eigenvalue weighted by Gasteiger charge is -2.19. The van der Waals surface area contributed by atoms with E-state index in [-0.39, 0.29) is 11.8 Å². The maximum Gasteiger partial charge on any atom is 0.232 e. The zero-order valence-corrected chi connectivity index (χ0v) is 11.1. The van der Waals surface area contributed by atoms with E-state index in [4.69, 9.17) is 4.42 Å². The van der Waals surface area contributed by atoms with Gasteiger partial charge in [-0.1, -0.05) is 25.1 Å². The summed E-state index contributed by atoms with van der Waals surface area (Å²) in [5.74, 6) is 0.619. The third-order valence-electron chi connectivity index (χ3n) is 3.18. The Bertz CT molecular complexity index is 511. The lowest BCUT2D eigenvalue weighted by molar-refractivity contribution is -0.131. The maximum atomic E-state index is 12.2. The summed E-state index contributed by atoms with van der Waals surface area (Å²) < 4.78 is 5.73. The third-order valence-corrected chi connectivity index (χ3v) is 3.18. The molecule has 18 heavy (non-hydrogen) atoms. The molecule has 96 valence electrons. The first-order chi connectivity index (χ1) is 8.63. The Morgan fingerprint density at radius 1 is 1.39 bits per heavy atom. The first-order valence-corrected chi connectivity index (χ1v) is 6.37. The quantitative estimate of drug-likeness (QED) is 0.827. The summed E-state index contributed by atoms with van der Waals surface area (Å²) in [6.45, 7) is 4.74. The molecule has 1 aromatic heterocycles. The summed E-state index contributed by atoms with van der Waals surface area (Å²) in [5, 5.41) is 1.05. The van der Waals surface area contributed by atoms with Crippen LogP contribution in [0.1, 0.15) is 31.9 Å². The van der Waals surface area contributed by atoms with Gasteiger partial charge in [0.2, 0.25) is 5.91 Å². The number of amides is 1. The minimum atomic E-state index is -0.228. The van der Waals surface area contributed by atoms with E-state index in [1.54, 1.807) is 4.90 Å². The van der Waals surface area contributed by atoms with Gasteiger partial charge in [0.15, 0.2) is 0 Å². The molecule has 0 spiro atoms. The predicted molar refractivity (Wildman–Crippen MR) is 72.6 cm³/mol. The largest absolute Gasteiger partial charge is 0.460 e. The Labute approximate surface area is 107 Å². The predicted octanol–water partition coefficient (Wildman–Crippen LogP) is 3.40. The van der Waals surface area contributed by atoms with Crippen LogP contribution in [0.25, 0.3) is 11.0 Å². The summed E-state index contributed by atoms with van der Waals surface area (Å²) >= 11 is 0. The van der Waals surface area contributed by atoms with E-state index in [1.807, 2.05) is 44.3 Å². The second kappa shape index (κ2) is 5.25. The normalized spacial score (nSPS) is 12.6. The summed E-state index contributed by atoms with van der Waals surface area (Å²) in [7, 11) is 1.84. The highest BCUT2D eigenvalue weighted by atomic mass is 16.3. The van der Waals surface area contributed by atoms with Gasteiger partial charge in [0.1, 0.15) is 11.3 Å². The zero-order valence-electron chi connectivity index (χ0n) is 11.1. The maximum absolute atomic E-state index is 12.2. The Morgan fingerprint density at radius 2 is 2.11 bits per heavy atom. The number of para-hydroxylation sites is 1. The molecular weight excluding hydrogens is 226 g/mol. The van der Waals surface area contributed by atoms with Crippen LogP contribution >= 0.6 is 0 Å². The zero-order chi connectivity index (χ0) is 13.1. The van der Waals surface area contributed by atoms with Crippen molar-refractivity contribution in [2.24, 2.45) is 0 Å². The van der Waals surface area contributed by atoms with E-state index >= 15 is 0 Å². The van der Waals surface area contributed by atoms with Crippen LogP contribution in [0.2, 0.25) is 0 Å². The number of hydrogen-bond acceptors (Lipinski definition) is 2. The fraction of sp³-hybridized carbons (Fsp3) is 0.400. The molecule has 0 aliphatic rings. The lowest BCUT2D eigenvalue weighted by Crippen LogP contribution is -2.31. The van der Waals surface area contributed by atoms with Gasteiger partial charge in [-0.15, -0.1) is 0 Å². The summed E-state index contributed by atoms with van der Waals surface area (Å²) in [6, 6.07) is 9.78. The Balaban J connectivity index is 2.22. The van der Waals surface area contributed by atoms with Crippen molar-refractivity contribution in [3.05, 3.63) is 36.1 Å². The monoisotopic (exact) mass is 245 g/mol. The molecule has 0 unspecified atom stereocenters. The standard InChI is InChI=1S/C15H19NO2/c1-4-9-16(3)15(17)11(2)14-10-12-7-5-6-8-13(12)18-14/h5-8,10-11H,4,9H2,1-3H3/t11-/m1/s1. The summed E-state index contributed by atoms with van der Waals surface area (Å²) in [4.78, 5) is 13.9. The van der Waals surface area contributed by atoms with Gasteiger partial charge in [0, 0.05) is 19.0 Å².